The fourth-order valence-electron chi connectivity index (χ4n) is 2.34. The van der Waals surface area contributed by atoms with Gasteiger partial charge in [-0.15, -0.1) is 12.4 Å². The molecule has 1 amide bonds. The molecule has 0 bridgehead atoms. The van der Waals surface area contributed by atoms with Gasteiger partial charge in [0, 0.05) is 25.6 Å². The summed E-state index contributed by atoms with van der Waals surface area (Å²) in [6.07, 6.45) is 1.86. The van der Waals surface area contributed by atoms with Crippen LogP contribution in [0.2, 0.25) is 0 Å². The van der Waals surface area contributed by atoms with Crippen LogP contribution in [-0.2, 0) is 17.8 Å². The van der Waals surface area contributed by atoms with Crippen LogP contribution in [0.25, 0.3) is 0 Å². The first kappa shape index (κ1) is 13.3. The SMILES string of the molecule is Cc1nc2n(n1)CC(NC(=O)C1CNC1)CC2.Cl. The van der Waals surface area contributed by atoms with E-state index >= 15 is 0 Å². The van der Waals surface area contributed by atoms with E-state index in [1.165, 1.54) is 0 Å². The summed E-state index contributed by atoms with van der Waals surface area (Å²) in [6, 6.07) is 0.205. The lowest BCUT2D eigenvalue weighted by Gasteiger charge is -2.30. The van der Waals surface area contributed by atoms with E-state index in [4.69, 9.17) is 0 Å². The minimum absolute atomic E-state index is 0. The number of carbonyl (C=O) groups is 1. The lowest BCUT2D eigenvalue weighted by Crippen LogP contribution is -2.53. The van der Waals surface area contributed by atoms with Gasteiger partial charge >= 0.3 is 0 Å². The van der Waals surface area contributed by atoms with Gasteiger partial charge in [-0.25, -0.2) is 9.67 Å². The van der Waals surface area contributed by atoms with Gasteiger partial charge in [-0.2, -0.15) is 5.10 Å². The molecule has 0 saturated carbocycles. The Hall–Kier alpha value is -1.14. The average molecular weight is 272 g/mol. The van der Waals surface area contributed by atoms with Crippen LogP contribution in [0.15, 0.2) is 0 Å². The molecule has 1 aromatic heterocycles. The van der Waals surface area contributed by atoms with E-state index < -0.39 is 0 Å². The van der Waals surface area contributed by atoms with E-state index in [1.54, 1.807) is 0 Å². The second-order valence-corrected chi connectivity index (χ2v) is 4.86. The van der Waals surface area contributed by atoms with Crippen molar-refractivity contribution in [2.45, 2.75) is 32.4 Å². The zero-order valence-electron chi connectivity index (χ0n) is 10.3. The van der Waals surface area contributed by atoms with Gasteiger partial charge in [-0.1, -0.05) is 0 Å². The lowest BCUT2D eigenvalue weighted by atomic mass is 10.0. The Labute approximate surface area is 112 Å². The van der Waals surface area contributed by atoms with Crippen LogP contribution in [-0.4, -0.2) is 39.8 Å². The van der Waals surface area contributed by atoms with Crippen LogP contribution in [0, 0.1) is 12.8 Å². The second-order valence-electron chi connectivity index (χ2n) is 4.86. The highest BCUT2D eigenvalue weighted by Crippen LogP contribution is 2.14. The maximum Gasteiger partial charge on any atom is 0.225 e. The van der Waals surface area contributed by atoms with Gasteiger partial charge in [-0.3, -0.25) is 4.79 Å². The van der Waals surface area contributed by atoms with Gasteiger partial charge in [0.15, 0.2) is 0 Å². The normalized spacial score (nSPS) is 22.6. The number of aromatic nitrogens is 3. The topological polar surface area (TPSA) is 71.8 Å². The van der Waals surface area contributed by atoms with Crippen molar-refractivity contribution in [1.82, 2.24) is 25.4 Å². The predicted octanol–water partition coefficient (Wildman–Crippen LogP) is -0.341. The van der Waals surface area contributed by atoms with Crippen LogP contribution < -0.4 is 10.6 Å². The number of nitrogens with one attached hydrogen (secondary N) is 2. The summed E-state index contributed by atoms with van der Waals surface area (Å²) in [7, 11) is 0. The number of nitrogens with zero attached hydrogens (tertiary/aromatic N) is 3. The highest BCUT2D eigenvalue weighted by Gasteiger charge is 2.28. The van der Waals surface area contributed by atoms with Crippen molar-refractivity contribution in [2.24, 2.45) is 5.92 Å². The molecule has 0 spiro atoms. The number of fused-ring (bicyclic) bond motifs is 1. The van der Waals surface area contributed by atoms with Crippen molar-refractivity contribution >= 4 is 18.3 Å². The number of aryl methyl sites for hydroxylation is 2. The molecule has 1 unspecified atom stereocenters. The van der Waals surface area contributed by atoms with Crippen molar-refractivity contribution in [3.05, 3.63) is 11.6 Å². The third kappa shape index (κ3) is 2.49. The Morgan fingerprint density at radius 3 is 2.94 bits per heavy atom. The number of amides is 1. The predicted molar refractivity (Wildman–Crippen MR) is 68.6 cm³/mol. The maximum absolute atomic E-state index is 11.8. The summed E-state index contributed by atoms with van der Waals surface area (Å²) in [5, 5.41) is 10.5. The first-order chi connectivity index (χ1) is 8.22. The zero-order valence-corrected chi connectivity index (χ0v) is 11.2. The highest BCUT2D eigenvalue weighted by molar-refractivity contribution is 5.85. The van der Waals surface area contributed by atoms with Crippen molar-refractivity contribution in [3.8, 4) is 0 Å². The number of carbonyl (C=O) groups excluding carboxylic acids is 1. The van der Waals surface area contributed by atoms with Crippen molar-refractivity contribution in [1.29, 1.82) is 0 Å². The second kappa shape index (κ2) is 5.24. The lowest BCUT2D eigenvalue weighted by molar-refractivity contribution is -0.127. The molecular formula is C11H18ClN5O. The average Bonchev–Trinajstić information content (AvgIpc) is 2.54. The van der Waals surface area contributed by atoms with Gasteiger partial charge in [0.1, 0.15) is 11.6 Å². The minimum atomic E-state index is 0. The molecule has 0 aliphatic carbocycles. The molecule has 6 nitrogen and oxygen atoms in total. The molecule has 0 aromatic carbocycles. The first-order valence-electron chi connectivity index (χ1n) is 6.14. The summed E-state index contributed by atoms with van der Waals surface area (Å²) in [5.41, 5.74) is 0. The Kier molecular flexibility index (Phi) is 3.87. The number of rotatable bonds is 2. The maximum atomic E-state index is 11.8. The molecule has 0 radical (unpaired) electrons. The van der Waals surface area contributed by atoms with Gasteiger partial charge < -0.3 is 10.6 Å². The standard InChI is InChI=1S/C11H17N5O.ClH/c1-7-13-10-3-2-9(6-16(10)15-7)14-11(17)8-4-12-5-8;/h8-9,12H,2-6H2,1H3,(H,14,17);1H. The van der Waals surface area contributed by atoms with Crippen molar-refractivity contribution in [2.75, 3.05) is 13.1 Å². The smallest absolute Gasteiger partial charge is 0.225 e. The molecule has 2 aliphatic heterocycles. The molecular weight excluding hydrogens is 254 g/mol. The fraction of sp³-hybridized carbons (Fsp3) is 0.727. The van der Waals surface area contributed by atoms with Crippen LogP contribution in [0.4, 0.5) is 0 Å². The van der Waals surface area contributed by atoms with Crippen LogP contribution >= 0.6 is 12.4 Å². The largest absolute Gasteiger partial charge is 0.351 e. The molecule has 2 N–H and O–H groups in total. The molecule has 18 heavy (non-hydrogen) atoms. The highest BCUT2D eigenvalue weighted by atomic mass is 35.5. The zero-order chi connectivity index (χ0) is 11.8. The molecule has 1 fully saturated rings. The Bertz CT molecular complexity index is 443. The van der Waals surface area contributed by atoms with Gasteiger partial charge in [0.2, 0.25) is 5.91 Å². The Balaban J connectivity index is 0.00000120. The molecule has 1 aromatic rings. The van der Waals surface area contributed by atoms with Crippen LogP contribution in [0.5, 0.6) is 0 Å². The van der Waals surface area contributed by atoms with E-state index in [2.05, 4.69) is 20.7 Å². The van der Waals surface area contributed by atoms with E-state index in [-0.39, 0.29) is 30.3 Å². The molecule has 3 rings (SSSR count). The van der Waals surface area contributed by atoms with Gasteiger partial charge in [0.25, 0.3) is 0 Å². The third-order valence-electron chi connectivity index (χ3n) is 3.46. The van der Waals surface area contributed by atoms with E-state index in [9.17, 15) is 4.79 Å². The third-order valence-corrected chi connectivity index (χ3v) is 3.46. The Morgan fingerprint density at radius 2 is 2.28 bits per heavy atom. The molecule has 100 valence electrons. The van der Waals surface area contributed by atoms with Crippen molar-refractivity contribution in [3.63, 3.8) is 0 Å². The monoisotopic (exact) mass is 271 g/mol. The number of hydrogen-bond donors (Lipinski definition) is 2. The minimum Gasteiger partial charge on any atom is -0.351 e. The molecule has 3 heterocycles. The van der Waals surface area contributed by atoms with Crippen LogP contribution in [0.3, 0.4) is 0 Å². The molecule has 1 atom stereocenters. The van der Waals surface area contributed by atoms with Crippen LogP contribution in [0.1, 0.15) is 18.1 Å². The summed E-state index contributed by atoms with van der Waals surface area (Å²) in [4.78, 5) is 16.2. The number of hydrogen-bond acceptors (Lipinski definition) is 4. The molecule has 2 aliphatic rings. The molecule has 7 heteroatoms. The van der Waals surface area contributed by atoms with Crippen molar-refractivity contribution < 1.29 is 4.79 Å². The van der Waals surface area contributed by atoms with E-state index in [0.717, 1.165) is 44.1 Å². The van der Waals surface area contributed by atoms with E-state index in [0.29, 0.717) is 0 Å². The number of halogens is 1. The van der Waals surface area contributed by atoms with Gasteiger partial charge in [0.05, 0.1) is 12.5 Å². The van der Waals surface area contributed by atoms with Gasteiger partial charge in [-0.05, 0) is 13.3 Å². The fourth-order valence-corrected chi connectivity index (χ4v) is 2.34. The summed E-state index contributed by atoms with van der Waals surface area (Å²) in [6.45, 7) is 4.28. The summed E-state index contributed by atoms with van der Waals surface area (Å²) in [5.74, 6) is 2.19. The summed E-state index contributed by atoms with van der Waals surface area (Å²) >= 11 is 0. The Morgan fingerprint density at radius 1 is 1.50 bits per heavy atom. The quantitative estimate of drug-likeness (QED) is 0.772. The van der Waals surface area contributed by atoms with E-state index in [1.807, 2.05) is 11.6 Å². The first-order valence-corrected chi connectivity index (χ1v) is 6.14. The molecule has 1 saturated heterocycles. The summed E-state index contributed by atoms with van der Waals surface area (Å²) < 4.78 is 1.92.